The van der Waals surface area contributed by atoms with Gasteiger partial charge in [-0.05, 0) is 31.0 Å². The number of imidazole rings is 1. The van der Waals surface area contributed by atoms with Crippen molar-refractivity contribution in [3.05, 3.63) is 24.5 Å². The van der Waals surface area contributed by atoms with E-state index < -0.39 is 10.0 Å². The van der Waals surface area contributed by atoms with Gasteiger partial charge in [-0.1, -0.05) is 12.8 Å². The summed E-state index contributed by atoms with van der Waals surface area (Å²) in [4.78, 5) is 7.27. The molecule has 1 aromatic heterocycles. The Kier molecular flexibility index (Phi) is 3.96. The molecule has 0 atom stereocenters. The van der Waals surface area contributed by atoms with Crippen LogP contribution in [-0.2, 0) is 10.0 Å². The first kappa shape index (κ1) is 15.5. The molecule has 22 heavy (non-hydrogen) atoms. The monoisotopic (exact) mass is 323 g/mol. The molecular formula is C15H21N3O3S. The Hall–Kier alpha value is -1.44. The van der Waals surface area contributed by atoms with Crippen molar-refractivity contribution in [1.82, 2.24) is 14.3 Å². The third-order valence-electron chi connectivity index (χ3n) is 4.66. The number of hydrogen-bond donors (Lipinski definition) is 2. The predicted molar refractivity (Wildman–Crippen MR) is 83.9 cm³/mol. The lowest BCUT2D eigenvalue weighted by Crippen LogP contribution is -2.39. The molecule has 2 aromatic rings. The van der Waals surface area contributed by atoms with Crippen molar-refractivity contribution in [2.75, 3.05) is 20.2 Å². The highest BCUT2D eigenvalue weighted by atomic mass is 32.2. The van der Waals surface area contributed by atoms with E-state index in [0.717, 1.165) is 31.2 Å². The van der Waals surface area contributed by atoms with Crippen LogP contribution in [0.15, 0.2) is 29.4 Å². The average Bonchev–Trinajstić information content (AvgIpc) is 3.15. The standard InChI is InChI=1S/C15H21N3O3S/c1-18(9-15(10-19)6-2-3-7-15)22(20,21)12-4-5-13-14(8-12)17-11-16-13/h4-5,8,11,19H,2-3,6-7,9-10H2,1H3,(H,16,17). The van der Waals surface area contributed by atoms with Gasteiger partial charge in [0.05, 0.1) is 22.3 Å². The van der Waals surface area contributed by atoms with E-state index in [9.17, 15) is 13.5 Å². The van der Waals surface area contributed by atoms with Gasteiger partial charge in [0.15, 0.2) is 0 Å². The summed E-state index contributed by atoms with van der Waals surface area (Å²) in [7, 11) is -1.98. The van der Waals surface area contributed by atoms with Gasteiger partial charge in [-0.2, -0.15) is 0 Å². The van der Waals surface area contributed by atoms with Crippen LogP contribution in [0.2, 0.25) is 0 Å². The van der Waals surface area contributed by atoms with E-state index in [-0.39, 0.29) is 16.9 Å². The van der Waals surface area contributed by atoms with Gasteiger partial charge in [0.1, 0.15) is 0 Å². The topological polar surface area (TPSA) is 86.3 Å². The molecular weight excluding hydrogens is 302 g/mol. The minimum atomic E-state index is -3.57. The smallest absolute Gasteiger partial charge is 0.242 e. The summed E-state index contributed by atoms with van der Waals surface area (Å²) in [5, 5.41) is 9.68. The number of fused-ring (bicyclic) bond motifs is 1. The molecule has 1 aliphatic carbocycles. The lowest BCUT2D eigenvalue weighted by Gasteiger charge is -2.31. The average molecular weight is 323 g/mol. The summed E-state index contributed by atoms with van der Waals surface area (Å²) < 4.78 is 26.9. The Bertz CT molecular complexity index is 763. The third-order valence-corrected chi connectivity index (χ3v) is 6.46. The van der Waals surface area contributed by atoms with Gasteiger partial charge in [-0.3, -0.25) is 0 Å². The second kappa shape index (κ2) is 5.64. The van der Waals surface area contributed by atoms with Crippen molar-refractivity contribution in [3.63, 3.8) is 0 Å². The lowest BCUT2D eigenvalue weighted by atomic mass is 9.87. The van der Waals surface area contributed by atoms with E-state index in [2.05, 4.69) is 9.97 Å². The summed E-state index contributed by atoms with van der Waals surface area (Å²) in [6.07, 6.45) is 5.40. The van der Waals surface area contributed by atoms with Crippen molar-refractivity contribution in [2.45, 2.75) is 30.6 Å². The molecule has 1 aliphatic rings. The number of aliphatic hydroxyl groups excluding tert-OH is 1. The minimum absolute atomic E-state index is 0.0342. The van der Waals surface area contributed by atoms with Crippen LogP contribution in [0.5, 0.6) is 0 Å². The normalized spacial score (nSPS) is 18.3. The fraction of sp³-hybridized carbons (Fsp3) is 0.533. The second-order valence-electron chi connectivity index (χ2n) is 6.21. The van der Waals surface area contributed by atoms with E-state index in [1.165, 1.54) is 4.31 Å². The quantitative estimate of drug-likeness (QED) is 0.877. The van der Waals surface area contributed by atoms with Crippen molar-refractivity contribution in [2.24, 2.45) is 5.41 Å². The van der Waals surface area contributed by atoms with Gasteiger partial charge < -0.3 is 10.1 Å². The summed E-state index contributed by atoms with van der Waals surface area (Å²) >= 11 is 0. The second-order valence-corrected chi connectivity index (χ2v) is 8.25. The first-order valence-electron chi connectivity index (χ1n) is 7.47. The van der Waals surface area contributed by atoms with Crippen LogP contribution in [0.25, 0.3) is 11.0 Å². The van der Waals surface area contributed by atoms with Crippen LogP contribution < -0.4 is 0 Å². The fourth-order valence-electron chi connectivity index (χ4n) is 3.30. The Balaban J connectivity index is 1.87. The molecule has 0 saturated heterocycles. The largest absolute Gasteiger partial charge is 0.396 e. The Morgan fingerprint density at radius 2 is 2.09 bits per heavy atom. The number of nitrogens with one attached hydrogen (secondary N) is 1. The number of nitrogens with zero attached hydrogens (tertiary/aromatic N) is 2. The van der Waals surface area contributed by atoms with E-state index in [4.69, 9.17) is 0 Å². The number of aromatic amines is 1. The highest BCUT2D eigenvalue weighted by molar-refractivity contribution is 7.89. The van der Waals surface area contributed by atoms with Crippen molar-refractivity contribution < 1.29 is 13.5 Å². The molecule has 6 nitrogen and oxygen atoms in total. The van der Waals surface area contributed by atoms with Crippen LogP contribution in [0.3, 0.4) is 0 Å². The zero-order valence-corrected chi connectivity index (χ0v) is 13.4. The van der Waals surface area contributed by atoms with E-state index in [1.807, 2.05) is 0 Å². The SMILES string of the molecule is CN(CC1(CO)CCCC1)S(=O)(=O)c1ccc2nc[nH]c2c1. The van der Waals surface area contributed by atoms with Crippen LogP contribution >= 0.6 is 0 Å². The van der Waals surface area contributed by atoms with Gasteiger partial charge >= 0.3 is 0 Å². The van der Waals surface area contributed by atoms with E-state index in [0.29, 0.717) is 12.1 Å². The molecule has 2 N–H and O–H groups in total. The molecule has 0 aliphatic heterocycles. The zero-order valence-electron chi connectivity index (χ0n) is 12.6. The first-order chi connectivity index (χ1) is 10.5. The fourth-order valence-corrected chi connectivity index (χ4v) is 4.61. The summed E-state index contributed by atoms with van der Waals surface area (Å²) in [5.74, 6) is 0. The molecule has 1 fully saturated rings. The molecule has 120 valence electrons. The Labute approximate surface area is 130 Å². The minimum Gasteiger partial charge on any atom is -0.396 e. The summed E-state index contributed by atoms with van der Waals surface area (Å²) in [6.45, 7) is 0.388. The third kappa shape index (κ3) is 2.64. The molecule has 1 saturated carbocycles. The molecule has 0 unspecified atom stereocenters. The van der Waals surface area contributed by atoms with Crippen molar-refractivity contribution >= 4 is 21.1 Å². The number of hydrogen-bond acceptors (Lipinski definition) is 4. The van der Waals surface area contributed by atoms with Gasteiger partial charge in [0, 0.05) is 25.6 Å². The number of H-pyrrole nitrogens is 1. The number of aliphatic hydroxyl groups is 1. The highest BCUT2D eigenvalue weighted by Crippen LogP contribution is 2.39. The Morgan fingerprint density at radius 3 is 2.77 bits per heavy atom. The maximum Gasteiger partial charge on any atom is 0.242 e. The van der Waals surface area contributed by atoms with Crippen molar-refractivity contribution in [1.29, 1.82) is 0 Å². The lowest BCUT2D eigenvalue weighted by molar-refractivity contribution is 0.112. The first-order valence-corrected chi connectivity index (χ1v) is 8.91. The van der Waals surface area contributed by atoms with Gasteiger partial charge in [-0.15, -0.1) is 0 Å². The van der Waals surface area contributed by atoms with Gasteiger partial charge in [0.2, 0.25) is 10.0 Å². The zero-order chi connectivity index (χ0) is 15.8. The maximum absolute atomic E-state index is 12.8. The molecule has 0 amide bonds. The van der Waals surface area contributed by atoms with Crippen LogP contribution in [0, 0.1) is 5.41 Å². The maximum atomic E-state index is 12.8. The molecule has 0 bridgehead atoms. The molecule has 1 heterocycles. The van der Waals surface area contributed by atoms with Crippen LogP contribution in [0.4, 0.5) is 0 Å². The molecule has 7 heteroatoms. The molecule has 0 radical (unpaired) electrons. The molecule has 1 aromatic carbocycles. The van der Waals surface area contributed by atoms with E-state index in [1.54, 1.807) is 31.6 Å². The molecule has 0 spiro atoms. The summed E-state index contributed by atoms with van der Waals surface area (Å²) in [6, 6.07) is 4.88. The summed E-state index contributed by atoms with van der Waals surface area (Å²) in [5.41, 5.74) is 1.15. The highest BCUT2D eigenvalue weighted by Gasteiger charge is 2.37. The van der Waals surface area contributed by atoms with E-state index >= 15 is 0 Å². The van der Waals surface area contributed by atoms with Crippen molar-refractivity contribution in [3.8, 4) is 0 Å². The van der Waals surface area contributed by atoms with Crippen LogP contribution in [-0.4, -0.2) is 48.0 Å². The predicted octanol–water partition coefficient (Wildman–Crippen LogP) is 1.74. The number of sulfonamides is 1. The Morgan fingerprint density at radius 1 is 1.36 bits per heavy atom. The number of benzene rings is 1. The van der Waals surface area contributed by atoms with Gasteiger partial charge in [0.25, 0.3) is 0 Å². The van der Waals surface area contributed by atoms with Crippen LogP contribution in [0.1, 0.15) is 25.7 Å². The number of aromatic nitrogens is 2. The molecule has 3 rings (SSSR count). The number of rotatable bonds is 5. The van der Waals surface area contributed by atoms with Gasteiger partial charge in [-0.25, -0.2) is 17.7 Å².